The van der Waals surface area contributed by atoms with Crippen LogP contribution >= 0.6 is 0 Å². The van der Waals surface area contributed by atoms with Gasteiger partial charge in [0.05, 0.1) is 5.41 Å². The first kappa shape index (κ1) is 67.9. The second-order valence-electron chi connectivity index (χ2n) is 27.6. The number of hydrogen-bond donors (Lipinski definition) is 0. The van der Waals surface area contributed by atoms with E-state index in [1.807, 2.05) is 24.3 Å². The summed E-state index contributed by atoms with van der Waals surface area (Å²) in [6.45, 7) is 18.4. The number of nitrogens with zero attached hydrogens (tertiary/aromatic N) is 2. The van der Waals surface area contributed by atoms with Crippen LogP contribution in [0.1, 0.15) is 228 Å². The van der Waals surface area contributed by atoms with Gasteiger partial charge < -0.3 is 9.80 Å². The van der Waals surface area contributed by atoms with Gasteiger partial charge in [-0.05, 0) is 252 Å². The predicted molar refractivity (Wildman–Crippen MR) is 409 cm³/mol. The maximum atomic E-state index is 11.6. The van der Waals surface area contributed by atoms with Crippen LogP contribution in [0.3, 0.4) is 0 Å². The highest BCUT2D eigenvalue weighted by atomic mass is 16.1. The molecule has 0 aromatic heterocycles. The lowest BCUT2D eigenvalue weighted by molar-refractivity contribution is 0.112. The molecule has 1 unspecified atom stereocenters. The molecule has 95 heavy (non-hydrogen) atoms. The molecule has 10 aromatic carbocycles. The Morgan fingerprint density at radius 1 is 0.337 bits per heavy atom. The van der Waals surface area contributed by atoms with E-state index in [0.29, 0.717) is 11.5 Å². The molecule has 3 heteroatoms. The van der Waals surface area contributed by atoms with Crippen LogP contribution < -0.4 is 9.80 Å². The lowest BCUT2D eigenvalue weighted by Crippen LogP contribution is -2.29. The van der Waals surface area contributed by atoms with Gasteiger partial charge in [-0.1, -0.05) is 257 Å². The minimum absolute atomic E-state index is 0.478. The average Bonchev–Trinajstić information content (AvgIpc) is 1.55. The third-order valence-corrected chi connectivity index (χ3v) is 20.5. The first-order valence-electron chi connectivity index (χ1n) is 36.7. The first-order chi connectivity index (χ1) is 46.5. The summed E-state index contributed by atoms with van der Waals surface area (Å²) in [6.07, 6.45) is 26.5. The van der Waals surface area contributed by atoms with Crippen molar-refractivity contribution in [1.29, 1.82) is 0 Å². The number of carbonyl (C=O) groups excluding carboxylic acids is 1. The molecule has 0 fully saturated rings. The molecule has 11 rings (SSSR count). The minimum atomic E-state index is -0.526. The molecule has 0 saturated heterocycles. The van der Waals surface area contributed by atoms with E-state index in [4.69, 9.17) is 0 Å². The number of anilines is 6. The average molecular weight is 1250 g/mol. The lowest BCUT2D eigenvalue weighted by Gasteiger charge is -2.36. The molecule has 0 amide bonds. The third-order valence-electron chi connectivity index (χ3n) is 20.5. The first-order valence-corrected chi connectivity index (χ1v) is 36.7. The topological polar surface area (TPSA) is 23.6 Å². The standard InChI is InChI=1S/C92H104N2O/c1-9-14-18-22-26-71-59-72(27-23-19-15-10-2)62-80(61-71)92(81-63-73(28-24-20-16-11-3)60-74(64-81)29-25-21-17-12-4)90-58-68(7)32-56-88(90)89-57-43-79(65-91(89)92)78-41-54-87(55-42-78)94(84-48-35-75(36-49-84)69(8)13-5)86-52-39-77(40-53-86)76-37-50-85(51-38-76)93(82-44-30-67(6)31-45-82)83-46-33-70(66-95)34-47-83/h30-66,69H,9-29H2,1-8H3. The molecule has 1 atom stereocenters. The quantitative estimate of drug-likeness (QED) is 0.0303. The second-order valence-corrected chi connectivity index (χ2v) is 27.6. The van der Waals surface area contributed by atoms with E-state index >= 15 is 0 Å². The Morgan fingerprint density at radius 3 is 1.04 bits per heavy atom. The zero-order valence-electron chi connectivity index (χ0n) is 58.6. The summed E-state index contributed by atoms with van der Waals surface area (Å²) < 4.78 is 0. The number of fused-ring (bicyclic) bond motifs is 3. The lowest BCUT2D eigenvalue weighted by atomic mass is 9.66. The van der Waals surface area contributed by atoms with Crippen LogP contribution in [-0.4, -0.2) is 6.29 Å². The van der Waals surface area contributed by atoms with Crippen LogP contribution in [-0.2, 0) is 31.1 Å². The highest BCUT2D eigenvalue weighted by Crippen LogP contribution is 2.58. The van der Waals surface area contributed by atoms with Crippen LogP contribution in [0.2, 0.25) is 0 Å². The Morgan fingerprint density at radius 2 is 0.663 bits per heavy atom. The fraction of sp³-hybridized carbons (Fsp3) is 0.337. The predicted octanol–water partition coefficient (Wildman–Crippen LogP) is 26.8. The van der Waals surface area contributed by atoms with Crippen LogP contribution in [0, 0.1) is 13.8 Å². The maximum absolute atomic E-state index is 11.6. The summed E-state index contributed by atoms with van der Waals surface area (Å²) in [5.41, 5.74) is 29.6. The Bertz CT molecular complexity index is 3950. The van der Waals surface area contributed by atoms with E-state index in [1.54, 1.807) is 0 Å². The van der Waals surface area contributed by atoms with Crippen LogP contribution in [0.4, 0.5) is 34.1 Å². The van der Waals surface area contributed by atoms with Gasteiger partial charge >= 0.3 is 0 Å². The van der Waals surface area contributed by atoms with Crippen LogP contribution in [0.15, 0.2) is 218 Å². The summed E-state index contributed by atoms with van der Waals surface area (Å²) in [5, 5.41) is 0. The smallest absolute Gasteiger partial charge is 0.150 e. The monoisotopic (exact) mass is 1250 g/mol. The Kier molecular flexibility index (Phi) is 23.4. The van der Waals surface area contributed by atoms with Gasteiger partial charge in [0.25, 0.3) is 0 Å². The molecular weight excluding hydrogens is 1150 g/mol. The van der Waals surface area contributed by atoms with Crippen molar-refractivity contribution in [3.8, 4) is 33.4 Å². The number of unbranched alkanes of at least 4 members (excludes halogenated alkanes) is 12. The number of hydrogen-bond acceptors (Lipinski definition) is 3. The molecule has 0 aliphatic heterocycles. The van der Waals surface area contributed by atoms with Crippen molar-refractivity contribution in [2.75, 3.05) is 9.80 Å². The number of aldehydes is 1. The van der Waals surface area contributed by atoms with Crippen molar-refractivity contribution >= 4 is 40.4 Å². The van der Waals surface area contributed by atoms with E-state index < -0.39 is 5.41 Å². The van der Waals surface area contributed by atoms with E-state index in [0.717, 1.165) is 83.6 Å². The molecule has 0 spiro atoms. The van der Waals surface area contributed by atoms with Crippen molar-refractivity contribution in [2.45, 2.75) is 202 Å². The number of benzene rings is 10. The SMILES string of the molecule is CCCCCCc1cc(CCCCCC)cc(C2(c3cc(CCCCCC)cc(CCCCCC)c3)c3cc(C)ccc3-c3ccc(-c4ccc(N(c5ccc(-c6ccc(N(c7ccc(C)cc7)c7ccc(C=O)cc7)cc6)cc5)c5ccc(C(C)CC)cc5)cc4)cc32)c1. The van der Waals surface area contributed by atoms with Crippen LogP contribution in [0.25, 0.3) is 33.4 Å². The molecule has 488 valence electrons. The number of rotatable bonds is 33. The number of carbonyl (C=O) groups is 1. The highest BCUT2D eigenvalue weighted by molar-refractivity contribution is 5.90. The molecule has 1 aliphatic carbocycles. The van der Waals surface area contributed by atoms with Gasteiger partial charge in [-0.3, -0.25) is 4.79 Å². The third kappa shape index (κ3) is 15.9. The van der Waals surface area contributed by atoms with E-state index in [9.17, 15) is 4.79 Å². The van der Waals surface area contributed by atoms with Crippen molar-refractivity contribution in [3.63, 3.8) is 0 Å². The van der Waals surface area contributed by atoms with Gasteiger partial charge in [-0.25, -0.2) is 0 Å². The van der Waals surface area contributed by atoms with E-state index in [2.05, 4.69) is 259 Å². The summed E-state index contributed by atoms with van der Waals surface area (Å²) in [6, 6.07) is 83.8. The Balaban J connectivity index is 1.01. The van der Waals surface area contributed by atoms with Gasteiger partial charge in [0.2, 0.25) is 0 Å². The van der Waals surface area contributed by atoms with E-state index in [1.165, 1.54) is 186 Å². The Hall–Kier alpha value is -8.53. The highest BCUT2D eigenvalue weighted by Gasteiger charge is 2.47. The van der Waals surface area contributed by atoms with Gasteiger partial charge in [0, 0.05) is 39.7 Å². The van der Waals surface area contributed by atoms with Gasteiger partial charge in [0.1, 0.15) is 6.29 Å². The molecule has 0 heterocycles. The zero-order chi connectivity index (χ0) is 66.1. The molecule has 0 radical (unpaired) electrons. The molecule has 0 bridgehead atoms. The second kappa shape index (κ2) is 32.7. The van der Waals surface area contributed by atoms with Gasteiger partial charge in [-0.2, -0.15) is 0 Å². The fourth-order valence-electron chi connectivity index (χ4n) is 14.9. The molecule has 0 N–H and O–H groups in total. The van der Waals surface area contributed by atoms with Crippen molar-refractivity contribution in [3.05, 3.63) is 285 Å². The molecular formula is C92H104N2O. The number of aryl methyl sites for hydroxylation is 6. The van der Waals surface area contributed by atoms with Crippen molar-refractivity contribution in [2.24, 2.45) is 0 Å². The minimum Gasteiger partial charge on any atom is -0.311 e. The fourth-order valence-corrected chi connectivity index (χ4v) is 14.9. The summed E-state index contributed by atoms with van der Waals surface area (Å²) in [4.78, 5) is 16.3. The van der Waals surface area contributed by atoms with E-state index in [-0.39, 0.29) is 0 Å². The molecule has 1 aliphatic rings. The summed E-state index contributed by atoms with van der Waals surface area (Å²) in [7, 11) is 0. The molecule has 3 nitrogen and oxygen atoms in total. The van der Waals surface area contributed by atoms with Crippen molar-refractivity contribution in [1.82, 2.24) is 0 Å². The Labute approximate surface area is 571 Å². The van der Waals surface area contributed by atoms with Gasteiger partial charge in [-0.15, -0.1) is 0 Å². The summed E-state index contributed by atoms with van der Waals surface area (Å²) >= 11 is 0. The zero-order valence-corrected chi connectivity index (χ0v) is 58.6. The maximum Gasteiger partial charge on any atom is 0.150 e. The summed E-state index contributed by atoms with van der Waals surface area (Å²) in [5.74, 6) is 0.478. The van der Waals surface area contributed by atoms with Gasteiger partial charge in [0.15, 0.2) is 0 Å². The van der Waals surface area contributed by atoms with Crippen LogP contribution in [0.5, 0.6) is 0 Å². The van der Waals surface area contributed by atoms with Crippen molar-refractivity contribution < 1.29 is 4.79 Å². The molecule has 0 saturated carbocycles. The normalized spacial score (nSPS) is 12.5. The largest absolute Gasteiger partial charge is 0.311 e. The molecule has 10 aromatic rings.